The number of hydrogen-bond donors (Lipinski definition) is 0. The van der Waals surface area contributed by atoms with Crippen LogP contribution >= 0.6 is 35.0 Å². The monoisotopic (exact) mass is 342 g/mol. The van der Waals surface area contributed by atoms with E-state index in [0.717, 1.165) is 11.8 Å². The average Bonchev–Trinajstić information content (AvgIpc) is 2.38. The zero-order valence-corrected chi connectivity index (χ0v) is 13.4. The topological polar surface area (TPSA) is 60.4 Å². The molecule has 0 saturated heterocycles. The van der Waals surface area contributed by atoms with Crippen LogP contribution in [0.1, 0.15) is 6.92 Å². The first-order valence-corrected chi connectivity index (χ1v) is 8.62. The second kappa shape index (κ2) is 6.83. The fraction of sp³-hybridized carbons (Fsp3) is 0.364. The van der Waals surface area contributed by atoms with Crippen LogP contribution in [0.25, 0.3) is 0 Å². The highest BCUT2D eigenvalue weighted by Crippen LogP contribution is 2.34. The van der Waals surface area contributed by atoms with Crippen LogP contribution in [0, 0.1) is 0 Å². The summed E-state index contributed by atoms with van der Waals surface area (Å²) in [6, 6.07) is 2.75. The van der Waals surface area contributed by atoms with Crippen molar-refractivity contribution in [1.82, 2.24) is 0 Å². The highest BCUT2D eigenvalue weighted by atomic mass is 35.5. The molecule has 0 amide bonds. The molecule has 0 spiro atoms. The van der Waals surface area contributed by atoms with Gasteiger partial charge in [0.15, 0.2) is 9.84 Å². The van der Waals surface area contributed by atoms with E-state index in [1.165, 1.54) is 26.2 Å². The van der Waals surface area contributed by atoms with Crippen LogP contribution in [0.5, 0.6) is 0 Å². The molecule has 0 atom stereocenters. The van der Waals surface area contributed by atoms with Gasteiger partial charge in [0.05, 0.1) is 33.6 Å². The second-order valence-electron chi connectivity index (χ2n) is 3.48. The minimum atomic E-state index is -3.42. The molecule has 0 aliphatic carbocycles. The number of thioether (sulfide) groups is 1. The lowest BCUT2D eigenvalue weighted by Crippen LogP contribution is -2.05. The van der Waals surface area contributed by atoms with Gasteiger partial charge in [-0.05, 0) is 12.1 Å². The maximum absolute atomic E-state index is 11.8. The van der Waals surface area contributed by atoms with Gasteiger partial charge in [-0.3, -0.25) is 4.79 Å². The summed E-state index contributed by atoms with van der Waals surface area (Å²) >= 11 is 13.1. The SMILES string of the molecule is CCS(=O)(=O)c1cc(Cl)c(SCC(=O)OC)cc1Cl. The molecule has 0 N–H and O–H groups in total. The molecule has 0 radical (unpaired) electrons. The number of esters is 1. The molecule has 0 bridgehead atoms. The van der Waals surface area contributed by atoms with Crippen LogP contribution in [-0.4, -0.2) is 33.0 Å². The number of rotatable bonds is 5. The molecular weight excluding hydrogens is 331 g/mol. The summed E-state index contributed by atoms with van der Waals surface area (Å²) in [5.74, 6) is -0.383. The van der Waals surface area contributed by atoms with Crippen LogP contribution in [0.4, 0.5) is 0 Å². The van der Waals surface area contributed by atoms with Crippen molar-refractivity contribution < 1.29 is 17.9 Å². The van der Waals surface area contributed by atoms with E-state index >= 15 is 0 Å². The van der Waals surface area contributed by atoms with Crippen molar-refractivity contribution in [3.05, 3.63) is 22.2 Å². The van der Waals surface area contributed by atoms with E-state index in [4.69, 9.17) is 23.2 Å². The van der Waals surface area contributed by atoms with Gasteiger partial charge in [0.25, 0.3) is 0 Å². The van der Waals surface area contributed by atoms with Crippen molar-refractivity contribution in [3.63, 3.8) is 0 Å². The van der Waals surface area contributed by atoms with Crippen LogP contribution in [0.15, 0.2) is 21.9 Å². The van der Waals surface area contributed by atoms with Gasteiger partial charge in [0.2, 0.25) is 0 Å². The molecule has 0 aliphatic heterocycles. The van der Waals surface area contributed by atoms with E-state index in [9.17, 15) is 13.2 Å². The molecule has 1 rings (SSSR count). The molecular formula is C11H12Cl2O4S2. The molecule has 1 aromatic rings. The largest absolute Gasteiger partial charge is 0.468 e. The third kappa shape index (κ3) is 4.27. The van der Waals surface area contributed by atoms with Crippen molar-refractivity contribution >= 4 is 50.8 Å². The Balaban J connectivity index is 3.07. The molecule has 106 valence electrons. The smallest absolute Gasteiger partial charge is 0.315 e. The van der Waals surface area contributed by atoms with Gasteiger partial charge in [-0.1, -0.05) is 30.1 Å². The molecule has 8 heteroatoms. The Morgan fingerprint density at radius 3 is 2.47 bits per heavy atom. The second-order valence-corrected chi connectivity index (χ2v) is 7.56. The van der Waals surface area contributed by atoms with E-state index in [1.54, 1.807) is 0 Å². The first-order chi connectivity index (χ1) is 8.81. The molecule has 0 heterocycles. The van der Waals surface area contributed by atoms with Gasteiger partial charge in [-0.25, -0.2) is 8.42 Å². The summed E-state index contributed by atoms with van der Waals surface area (Å²) in [6.45, 7) is 1.53. The number of sulfone groups is 1. The van der Waals surface area contributed by atoms with Gasteiger partial charge >= 0.3 is 5.97 Å². The molecule has 0 saturated carbocycles. The zero-order chi connectivity index (χ0) is 14.6. The Hall–Kier alpha value is -0.430. The maximum atomic E-state index is 11.8. The summed E-state index contributed by atoms with van der Waals surface area (Å²) in [4.78, 5) is 11.6. The van der Waals surface area contributed by atoms with E-state index in [0.29, 0.717) is 4.90 Å². The van der Waals surface area contributed by atoms with Gasteiger partial charge in [0.1, 0.15) is 0 Å². The van der Waals surface area contributed by atoms with Crippen molar-refractivity contribution in [2.45, 2.75) is 16.7 Å². The average molecular weight is 343 g/mol. The number of carbonyl (C=O) groups excluding carboxylic acids is 1. The number of hydrogen-bond acceptors (Lipinski definition) is 5. The van der Waals surface area contributed by atoms with Gasteiger partial charge in [-0.2, -0.15) is 0 Å². The number of halogens is 2. The summed E-state index contributed by atoms with van der Waals surface area (Å²) in [6.07, 6.45) is 0. The van der Waals surface area contributed by atoms with Crippen molar-refractivity contribution in [3.8, 4) is 0 Å². The maximum Gasteiger partial charge on any atom is 0.315 e. The van der Waals surface area contributed by atoms with Gasteiger partial charge < -0.3 is 4.74 Å². The number of ether oxygens (including phenoxy) is 1. The van der Waals surface area contributed by atoms with E-state index in [-0.39, 0.29) is 26.4 Å². The summed E-state index contributed by atoms with van der Waals surface area (Å²) < 4.78 is 28.1. The van der Waals surface area contributed by atoms with Gasteiger partial charge in [-0.15, -0.1) is 11.8 Å². The summed E-state index contributed by atoms with van der Waals surface area (Å²) in [5.41, 5.74) is 0. The number of benzene rings is 1. The minimum Gasteiger partial charge on any atom is -0.468 e. The quantitative estimate of drug-likeness (QED) is 0.607. The molecule has 19 heavy (non-hydrogen) atoms. The van der Waals surface area contributed by atoms with Crippen LogP contribution in [0.3, 0.4) is 0 Å². The first-order valence-electron chi connectivity index (χ1n) is 5.23. The minimum absolute atomic E-state index is 0.00378. The fourth-order valence-corrected chi connectivity index (χ4v) is 3.94. The lowest BCUT2D eigenvalue weighted by Gasteiger charge is -2.09. The predicted octanol–water partition coefficient (Wildman–Crippen LogP) is 3.05. The zero-order valence-electron chi connectivity index (χ0n) is 10.3. The van der Waals surface area contributed by atoms with Crippen LogP contribution in [-0.2, 0) is 19.4 Å². The van der Waals surface area contributed by atoms with Crippen LogP contribution < -0.4 is 0 Å². The lowest BCUT2D eigenvalue weighted by atomic mass is 10.3. The molecule has 0 unspecified atom stereocenters. The van der Waals surface area contributed by atoms with Crippen molar-refractivity contribution in [2.24, 2.45) is 0 Å². The standard InChI is InChI=1S/C11H12Cl2O4S2/c1-3-19(15,16)10-5-7(12)9(4-8(10)13)18-6-11(14)17-2/h4-5H,3,6H2,1-2H3. The Morgan fingerprint density at radius 2 is 1.95 bits per heavy atom. The number of carbonyl (C=O) groups is 1. The summed E-state index contributed by atoms with van der Waals surface area (Å²) in [5, 5.41) is 0.337. The molecule has 1 aromatic carbocycles. The Bertz CT molecular complexity index is 585. The lowest BCUT2D eigenvalue weighted by molar-refractivity contribution is -0.137. The highest BCUT2D eigenvalue weighted by molar-refractivity contribution is 8.00. The van der Waals surface area contributed by atoms with E-state index in [2.05, 4.69) is 4.74 Å². The highest BCUT2D eigenvalue weighted by Gasteiger charge is 2.19. The molecule has 4 nitrogen and oxygen atoms in total. The Morgan fingerprint density at radius 1 is 1.32 bits per heavy atom. The van der Waals surface area contributed by atoms with Crippen LogP contribution in [0.2, 0.25) is 10.0 Å². The molecule has 0 aliphatic rings. The van der Waals surface area contributed by atoms with Crippen molar-refractivity contribution in [1.29, 1.82) is 0 Å². The Labute approximate surface area is 126 Å². The van der Waals surface area contributed by atoms with Crippen molar-refractivity contribution in [2.75, 3.05) is 18.6 Å². The van der Waals surface area contributed by atoms with E-state index < -0.39 is 15.8 Å². The van der Waals surface area contributed by atoms with Gasteiger partial charge in [0, 0.05) is 4.90 Å². The predicted molar refractivity (Wildman–Crippen MR) is 76.9 cm³/mol. The normalized spacial score (nSPS) is 11.4. The number of methoxy groups -OCH3 is 1. The third-order valence-electron chi connectivity index (χ3n) is 2.27. The summed E-state index contributed by atoms with van der Waals surface area (Å²) in [7, 11) is -2.14. The Kier molecular flexibility index (Phi) is 5.98. The fourth-order valence-electron chi connectivity index (χ4n) is 1.21. The molecule has 0 fully saturated rings. The van der Waals surface area contributed by atoms with E-state index in [1.807, 2.05) is 0 Å². The first kappa shape index (κ1) is 16.6. The molecule has 0 aromatic heterocycles. The third-order valence-corrected chi connectivity index (χ3v) is 5.92.